The zero-order valence-corrected chi connectivity index (χ0v) is 15.1. The molecule has 0 bridgehead atoms. The largest absolute Gasteiger partial charge is 0.489 e. The molecule has 0 radical (unpaired) electrons. The molecular formula is C23H30O. The summed E-state index contributed by atoms with van der Waals surface area (Å²) in [6.07, 6.45) is 11.8. The highest BCUT2D eigenvalue weighted by Gasteiger charge is 1.97. The lowest BCUT2D eigenvalue weighted by atomic mass is 10.1. The van der Waals surface area contributed by atoms with Gasteiger partial charge in [0, 0.05) is 0 Å². The summed E-state index contributed by atoms with van der Waals surface area (Å²) in [4.78, 5) is 0. The number of aryl methyl sites for hydroxylation is 1. The molecule has 0 aliphatic heterocycles. The summed E-state index contributed by atoms with van der Waals surface area (Å²) < 4.78 is 5.88. The van der Waals surface area contributed by atoms with Gasteiger partial charge in [-0.15, -0.1) is 0 Å². The van der Waals surface area contributed by atoms with Crippen LogP contribution in [0.2, 0.25) is 0 Å². The zero-order valence-electron chi connectivity index (χ0n) is 15.1. The highest BCUT2D eigenvalue weighted by atomic mass is 16.5. The molecule has 0 saturated heterocycles. The van der Waals surface area contributed by atoms with E-state index in [1.165, 1.54) is 48.8 Å². The van der Waals surface area contributed by atoms with Crippen molar-refractivity contribution < 1.29 is 4.74 Å². The van der Waals surface area contributed by atoms with Crippen LogP contribution in [0.4, 0.5) is 0 Å². The Morgan fingerprint density at radius 2 is 1.50 bits per heavy atom. The van der Waals surface area contributed by atoms with Gasteiger partial charge in [-0.05, 0) is 48.1 Å². The van der Waals surface area contributed by atoms with Crippen molar-refractivity contribution in [2.75, 3.05) is 0 Å². The first-order valence-electron chi connectivity index (χ1n) is 9.29. The summed E-state index contributed by atoms with van der Waals surface area (Å²) in [7, 11) is 0. The van der Waals surface area contributed by atoms with Crippen molar-refractivity contribution in [3.63, 3.8) is 0 Å². The van der Waals surface area contributed by atoms with E-state index in [1.807, 2.05) is 0 Å². The second kappa shape index (κ2) is 10.7. The minimum Gasteiger partial charge on any atom is -0.489 e. The fourth-order valence-electron chi connectivity index (χ4n) is 2.66. The Hall–Kier alpha value is -2.02. The van der Waals surface area contributed by atoms with Gasteiger partial charge in [0.2, 0.25) is 0 Å². The van der Waals surface area contributed by atoms with Crippen molar-refractivity contribution in [1.29, 1.82) is 0 Å². The highest BCUT2D eigenvalue weighted by molar-refractivity contribution is 5.50. The van der Waals surface area contributed by atoms with Crippen molar-refractivity contribution in [3.05, 3.63) is 71.3 Å². The maximum Gasteiger partial charge on any atom is 0.119 e. The van der Waals surface area contributed by atoms with E-state index in [-0.39, 0.29) is 0 Å². The highest BCUT2D eigenvalue weighted by Crippen LogP contribution is 2.16. The lowest BCUT2D eigenvalue weighted by Gasteiger charge is -2.07. The summed E-state index contributed by atoms with van der Waals surface area (Å²) in [5, 5.41) is 0. The van der Waals surface area contributed by atoms with Crippen LogP contribution in [0.3, 0.4) is 0 Å². The van der Waals surface area contributed by atoms with Gasteiger partial charge in [0.05, 0.1) is 0 Å². The molecule has 2 aromatic carbocycles. The van der Waals surface area contributed by atoms with Crippen LogP contribution in [0.1, 0.15) is 62.6 Å². The van der Waals surface area contributed by atoms with Crippen molar-refractivity contribution in [2.45, 2.75) is 59.0 Å². The fraction of sp³-hybridized carbons (Fsp3) is 0.391. The molecule has 128 valence electrons. The molecule has 0 aromatic heterocycles. The van der Waals surface area contributed by atoms with Gasteiger partial charge in [0.1, 0.15) is 12.4 Å². The second-order valence-corrected chi connectivity index (χ2v) is 6.32. The number of unbranched alkanes of at least 4 members (excludes halogenated alkanes) is 3. The Bertz CT molecular complexity index is 593. The standard InChI is InChI=1S/C23H30O/c1-3-5-6-7-8-10-21-15-17-23(18-16-21)24-19-22-13-11-20(9-4-2)12-14-22/h8,10-18H,3-7,9,19H2,1-2H3. The number of hydrogen-bond acceptors (Lipinski definition) is 1. The molecule has 0 aliphatic rings. The molecule has 1 heteroatoms. The van der Waals surface area contributed by atoms with Crippen LogP contribution >= 0.6 is 0 Å². The van der Waals surface area contributed by atoms with Gasteiger partial charge in [-0.3, -0.25) is 0 Å². The molecule has 0 fully saturated rings. The minimum atomic E-state index is 0.624. The molecule has 0 N–H and O–H groups in total. The van der Waals surface area contributed by atoms with Gasteiger partial charge in [-0.1, -0.05) is 81.7 Å². The lowest BCUT2D eigenvalue weighted by molar-refractivity contribution is 0.306. The Morgan fingerprint density at radius 3 is 2.17 bits per heavy atom. The topological polar surface area (TPSA) is 9.23 Å². The SMILES string of the molecule is CCCCCC=Cc1ccc(OCc2ccc(CCC)cc2)cc1. The Labute approximate surface area is 147 Å². The molecule has 1 nitrogen and oxygen atoms in total. The summed E-state index contributed by atoms with van der Waals surface area (Å²) in [5.74, 6) is 0.927. The monoisotopic (exact) mass is 322 g/mol. The number of rotatable bonds is 10. The summed E-state index contributed by atoms with van der Waals surface area (Å²) in [6, 6.07) is 17.1. The van der Waals surface area contributed by atoms with E-state index >= 15 is 0 Å². The lowest BCUT2D eigenvalue weighted by Crippen LogP contribution is -1.95. The molecule has 0 heterocycles. The maximum atomic E-state index is 5.88. The second-order valence-electron chi connectivity index (χ2n) is 6.32. The molecule has 0 saturated carbocycles. The molecule has 0 amide bonds. The van der Waals surface area contributed by atoms with Gasteiger partial charge in [-0.25, -0.2) is 0 Å². The summed E-state index contributed by atoms with van der Waals surface area (Å²) in [6.45, 7) is 5.07. The van der Waals surface area contributed by atoms with Crippen LogP contribution in [0.25, 0.3) is 6.08 Å². The Morgan fingerprint density at radius 1 is 0.792 bits per heavy atom. The van der Waals surface area contributed by atoms with Crippen molar-refractivity contribution in [3.8, 4) is 5.75 Å². The predicted octanol–water partition coefficient (Wildman–Crippen LogP) is 6.81. The molecule has 24 heavy (non-hydrogen) atoms. The molecular weight excluding hydrogens is 292 g/mol. The van der Waals surface area contributed by atoms with Crippen LogP contribution in [-0.2, 0) is 13.0 Å². The van der Waals surface area contributed by atoms with Crippen LogP contribution in [0.5, 0.6) is 5.75 Å². The van der Waals surface area contributed by atoms with Crippen LogP contribution in [0, 0.1) is 0 Å². The first-order valence-corrected chi connectivity index (χ1v) is 9.29. The smallest absolute Gasteiger partial charge is 0.119 e. The third kappa shape index (κ3) is 6.62. The van der Waals surface area contributed by atoms with Gasteiger partial charge < -0.3 is 4.74 Å². The van der Waals surface area contributed by atoms with Gasteiger partial charge in [0.15, 0.2) is 0 Å². The van der Waals surface area contributed by atoms with E-state index < -0.39 is 0 Å². The average molecular weight is 322 g/mol. The molecule has 0 aliphatic carbocycles. The molecule has 0 unspecified atom stereocenters. The molecule has 0 atom stereocenters. The number of hydrogen-bond donors (Lipinski definition) is 0. The van der Waals surface area contributed by atoms with E-state index in [0.29, 0.717) is 6.61 Å². The van der Waals surface area contributed by atoms with Gasteiger partial charge in [-0.2, -0.15) is 0 Å². The maximum absolute atomic E-state index is 5.88. The van der Waals surface area contributed by atoms with Gasteiger partial charge in [0.25, 0.3) is 0 Å². The number of ether oxygens (including phenoxy) is 1. The Kier molecular flexibility index (Phi) is 8.17. The van der Waals surface area contributed by atoms with Crippen LogP contribution in [-0.4, -0.2) is 0 Å². The number of benzene rings is 2. The van der Waals surface area contributed by atoms with Crippen molar-refractivity contribution in [1.82, 2.24) is 0 Å². The zero-order chi connectivity index (χ0) is 17.0. The average Bonchev–Trinajstić information content (AvgIpc) is 2.62. The van der Waals surface area contributed by atoms with Crippen LogP contribution < -0.4 is 4.74 Å². The summed E-state index contributed by atoms with van der Waals surface area (Å²) >= 11 is 0. The van der Waals surface area contributed by atoms with E-state index in [1.54, 1.807) is 0 Å². The third-order valence-electron chi connectivity index (χ3n) is 4.13. The van der Waals surface area contributed by atoms with E-state index in [0.717, 1.165) is 12.2 Å². The third-order valence-corrected chi connectivity index (χ3v) is 4.13. The van der Waals surface area contributed by atoms with Gasteiger partial charge >= 0.3 is 0 Å². The minimum absolute atomic E-state index is 0.624. The van der Waals surface area contributed by atoms with Crippen molar-refractivity contribution >= 4 is 6.08 Å². The first kappa shape index (κ1) is 18.3. The van der Waals surface area contributed by atoms with E-state index in [4.69, 9.17) is 4.74 Å². The van der Waals surface area contributed by atoms with Crippen LogP contribution in [0.15, 0.2) is 54.6 Å². The predicted molar refractivity (Wildman–Crippen MR) is 104 cm³/mol. The normalized spacial score (nSPS) is 11.1. The Balaban J connectivity index is 1.78. The molecule has 0 spiro atoms. The van der Waals surface area contributed by atoms with E-state index in [2.05, 4.69) is 74.5 Å². The first-order chi connectivity index (χ1) is 11.8. The molecule has 2 aromatic rings. The fourth-order valence-corrected chi connectivity index (χ4v) is 2.66. The molecule has 2 rings (SSSR count). The summed E-state index contributed by atoms with van der Waals surface area (Å²) in [5.41, 5.74) is 3.86. The number of allylic oxidation sites excluding steroid dienone is 1. The quantitative estimate of drug-likeness (QED) is 0.436. The van der Waals surface area contributed by atoms with E-state index in [9.17, 15) is 0 Å². The van der Waals surface area contributed by atoms with Crippen molar-refractivity contribution in [2.24, 2.45) is 0 Å².